The molecule has 0 fully saturated rings. The summed E-state index contributed by atoms with van der Waals surface area (Å²) in [7, 11) is 3.88. The summed E-state index contributed by atoms with van der Waals surface area (Å²) >= 11 is 0. The highest BCUT2D eigenvalue weighted by Crippen LogP contribution is 2.11. The number of rotatable bonds is 3. The molecule has 0 aliphatic rings. The van der Waals surface area contributed by atoms with Crippen molar-refractivity contribution >= 4 is 0 Å². The Labute approximate surface area is 66.7 Å². The first-order valence-electron chi connectivity index (χ1n) is 3.65. The Morgan fingerprint density at radius 2 is 2.36 bits per heavy atom. The van der Waals surface area contributed by atoms with E-state index in [1.54, 1.807) is 0 Å². The maximum absolute atomic E-state index is 9.52. The predicted octanol–water partition coefficient (Wildman–Crippen LogP) is 0.610. The van der Waals surface area contributed by atoms with E-state index in [1.165, 1.54) is 0 Å². The minimum absolute atomic E-state index is 0.378. The van der Waals surface area contributed by atoms with Crippen LogP contribution in [0, 0.1) is 0 Å². The molecule has 0 aliphatic heterocycles. The van der Waals surface area contributed by atoms with E-state index in [1.807, 2.05) is 37.5 Å². The number of hydrogen-bond acceptors (Lipinski definition) is 2. The molecule has 0 aliphatic carbocycles. The first-order valence-corrected chi connectivity index (χ1v) is 3.65. The number of likely N-dealkylation sites (N-methyl/N-ethyl adjacent to an activating group) is 1. The highest BCUT2D eigenvalue weighted by molar-refractivity contribution is 5.11. The molecule has 3 heteroatoms. The van der Waals surface area contributed by atoms with Gasteiger partial charge in [0.1, 0.15) is 0 Å². The molecule has 0 radical (unpaired) electrons. The Hall–Kier alpha value is -0.800. The predicted molar refractivity (Wildman–Crippen MR) is 44.3 cm³/mol. The third kappa shape index (κ3) is 2.37. The SMILES string of the molecule is CN(C)CC(O)c1cc[nH]c1. The van der Waals surface area contributed by atoms with Crippen LogP contribution >= 0.6 is 0 Å². The van der Waals surface area contributed by atoms with E-state index < -0.39 is 0 Å². The van der Waals surface area contributed by atoms with Crippen molar-refractivity contribution in [2.75, 3.05) is 20.6 Å². The number of aromatic amines is 1. The average molecular weight is 154 g/mol. The second-order valence-electron chi connectivity index (χ2n) is 2.92. The molecule has 1 aromatic heterocycles. The Kier molecular flexibility index (Phi) is 2.68. The van der Waals surface area contributed by atoms with E-state index in [-0.39, 0.29) is 6.10 Å². The Bertz CT molecular complexity index is 194. The molecule has 1 unspecified atom stereocenters. The van der Waals surface area contributed by atoms with E-state index in [2.05, 4.69) is 4.98 Å². The van der Waals surface area contributed by atoms with Gasteiger partial charge in [-0.3, -0.25) is 0 Å². The van der Waals surface area contributed by atoms with E-state index in [9.17, 15) is 5.11 Å². The zero-order valence-electron chi connectivity index (χ0n) is 6.91. The van der Waals surface area contributed by atoms with Crippen LogP contribution in [0.3, 0.4) is 0 Å². The molecule has 3 nitrogen and oxygen atoms in total. The molecule has 62 valence electrons. The van der Waals surface area contributed by atoms with Crippen LogP contribution in [0.1, 0.15) is 11.7 Å². The fourth-order valence-electron chi connectivity index (χ4n) is 0.995. The number of aliphatic hydroxyl groups excluding tert-OH is 1. The average Bonchev–Trinajstić information content (AvgIpc) is 2.35. The monoisotopic (exact) mass is 154 g/mol. The molecule has 1 heterocycles. The molecular weight excluding hydrogens is 140 g/mol. The van der Waals surface area contributed by atoms with E-state index in [0.717, 1.165) is 5.56 Å². The lowest BCUT2D eigenvalue weighted by atomic mass is 10.2. The fraction of sp³-hybridized carbons (Fsp3) is 0.500. The summed E-state index contributed by atoms with van der Waals surface area (Å²) < 4.78 is 0. The van der Waals surface area contributed by atoms with Crippen LogP contribution < -0.4 is 0 Å². The molecule has 0 aromatic carbocycles. The van der Waals surface area contributed by atoms with Crippen LogP contribution in [-0.2, 0) is 0 Å². The summed E-state index contributed by atoms with van der Waals surface area (Å²) in [6.45, 7) is 0.665. The molecule has 0 bridgehead atoms. The van der Waals surface area contributed by atoms with Crippen LogP contribution in [0.5, 0.6) is 0 Å². The van der Waals surface area contributed by atoms with Crippen LogP contribution in [0.25, 0.3) is 0 Å². The fourth-order valence-corrected chi connectivity index (χ4v) is 0.995. The third-order valence-corrected chi connectivity index (χ3v) is 1.54. The molecule has 0 saturated carbocycles. The van der Waals surface area contributed by atoms with Crippen LogP contribution in [0.4, 0.5) is 0 Å². The molecule has 2 N–H and O–H groups in total. The topological polar surface area (TPSA) is 39.3 Å². The zero-order valence-corrected chi connectivity index (χ0v) is 6.91. The van der Waals surface area contributed by atoms with Gasteiger partial charge in [-0.2, -0.15) is 0 Å². The third-order valence-electron chi connectivity index (χ3n) is 1.54. The van der Waals surface area contributed by atoms with Crippen molar-refractivity contribution in [3.05, 3.63) is 24.0 Å². The molecule has 0 saturated heterocycles. The summed E-state index contributed by atoms with van der Waals surface area (Å²) in [6, 6.07) is 1.88. The van der Waals surface area contributed by atoms with Gasteiger partial charge in [0.2, 0.25) is 0 Å². The second-order valence-corrected chi connectivity index (χ2v) is 2.92. The molecule has 1 rings (SSSR count). The Morgan fingerprint density at radius 1 is 1.64 bits per heavy atom. The van der Waals surface area contributed by atoms with Crippen molar-refractivity contribution in [3.63, 3.8) is 0 Å². The smallest absolute Gasteiger partial charge is 0.0931 e. The summed E-state index contributed by atoms with van der Waals surface area (Å²) in [5, 5.41) is 9.52. The van der Waals surface area contributed by atoms with Crippen LogP contribution in [-0.4, -0.2) is 35.6 Å². The summed E-state index contributed by atoms with van der Waals surface area (Å²) in [6.07, 6.45) is 3.25. The molecule has 0 spiro atoms. The minimum atomic E-state index is -0.378. The lowest BCUT2D eigenvalue weighted by molar-refractivity contribution is 0.138. The van der Waals surface area contributed by atoms with Gasteiger partial charge in [0.15, 0.2) is 0 Å². The maximum Gasteiger partial charge on any atom is 0.0931 e. The number of nitrogens with one attached hydrogen (secondary N) is 1. The van der Waals surface area contributed by atoms with E-state index in [4.69, 9.17) is 0 Å². The van der Waals surface area contributed by atoms with Crippen molar-refractivity contribution in [2.24, 2.45) is 0 Å². The van der Waals surface area contributed by atoms with Crippen molar-refractivity contribution in [3.8, 4) is 0 Å². The van der Waals surface area contributed by atoms with Gasteiger partial charge in [0.25, 0.3) is 0 Å². The molecule has 1 atom stereocenters. The highest BCUT2D eigenvalue weighted by Gasteiger charge is 2.07. The van der Waals surface area contributed by atoms with Crippen molar-refractivity contribution < 1.29 is 5.11 Å². The number of aliphatic hydroxyl groups is 1. The van der Waals surface area contributed by atoms with Crippen LogP contribution in [0.15, 0.2) is 18.5 Å². The first-order chi connectivity index (χ1) is 5.20. The van der Waals surface area contributed by atoms with Gasteiger partial charge in [-0.25, -0.2) is 0 Å². The van der Waals surface area contributed by atoms with Crippen molar-refractivity contribution in [1.82, 2.24) is 9.88 Å². The maximum atomic E-state index is 9.52. The lowest BCUT2D eigenvalue weighted by Gasteiger charge is -2.14. The largest absolute Gasteiger partial charge is 0.387 e. The Morgan fingerprint density at radius 3 is 2.82 bits per heavy atom. The number of hydrogen-bond donors (Lipinski definition) is 2. The highest BCUT2D eigenvalue weighted by atomic mass is 16.3. The molecule has 1 aromatic rings. The molecule has 0 amide bonds. The molecular formula is C8H14N2O. The van der Waals surface area contributed by atoms with Gasteiger partial charge in [-0.15, -0.1) is 0 Å². The summed E-state index contributed by atoms with van der Waals surface area (Å²) in [5.74, 6) is 0. The van der Waals surface area contributed by atoms with Crippen molar-refractivity contribution in [2.45, 2.75) is 6.10 Å². The zero-order chi connectivity index (χ0) is 8.27. The van der Waals surface area contributed by atoms with Gasteiger partial charge in [-0.05, 0) is 25.7 Å². The van der Waals surface area contributed by atoms with Gasteiger partial charge < -0.3 is 15.0 Å². The number of aromatic nitrogens is 1. The summed E-state index contributed by atoms with van der Waals surface area (Å²) in [4.78, 5) is 4.86. The number of H-pyrrole nitrogens is 1. The van der Waals surface area contributed by atoms with E-state index >= 15 is 0 Å². The standard InChI is InChI=1S/C8H14N2O/c1-10(2)6-8(11)7-3-4-9-5-7/h3-5,8-9,11H,6H2,1-2H3. The second kappa shape index (κ2) is 3.55. The van der Waals surface area contributed by atoms with Gasteiger partial charge >= 0.3 is 0 Å². The lowest BCUT2D eigenvalue weighted by Crippen LogP contribution is -2.19. The first kappa shape index (κ1) is 8.30. The van der Waals surface area contributed by atoms with Crippen molar-refractivity contribution in [1.29, 1.82) is 0 Å². The minimum Gasteiger partial charge on any atom is -0.387 e. The number of nitrogens with zero attached hydrogens (tertiary/aromatic N) is 1. The van der Waals surface area contributed by atoms with Gasteiger partial charge in [0.05, 0.1) is 6.10 Å². The van der Waals surface area contributed by atoms with E-state index in [0.29, 0.717) is 6.54 Å². The summed E-state index contributed by atoms with van der Waals surface area (Å²) in [5.41, 5.74) is 0.943. The van der Waals surface area contributed by atoms with Crippen LogP contribution in [0.2, 0.25) is 0 Å². The van der Waals surface area contributed by atoms with Gasteiger partial charge in [-0.1, -0.05) is 0 Å². The molecule has 11 heavy (non-hydrogen) atoms. The quantitative estimate of drug-likeness (QED) is 0.669. The normalized spacial score (nSPS) is 13.8. The Balaban J connectivity index is 2.49. The van der Waals surface area contributed by atoms with Gasteiger partial charge in [0, 0.05) is 18.9 Å².